The van der Waals surface area contributed by atoms with Crippen LogP contribution < -0.4 is 0 Å². The van der Waals surface area contributed by atoms with Gasteiger partial charge < -0.3 is 13.8 Å². The molecule has 5 heterocycles. The highest BCUT2D eigenvalue weighted by atomic mass is 16.5. The van der Waals surface area contributed by atoms with Gasteiger partial charge in [-0.2, -0.15) is 10.1 Å². The molecule has 9 nitrogen and oxygen atoms in total. The molecule has 1 atom stereocenters. The molecule has 31 heavy (non-hydrogen) atoms. The van der Waals surface area contributed by atoms with Crippen molar-refractivity contribution in [3.8, 4) is 11.5 Å². The third-order valence-electron chi connectivity index (χ3n) is 5.47. The predicted octanol–water partition coefficient (Wildman–Crippen LogP) is 3.22. The molecule has 0 aliphatic carbocycles. The molecular weight excluding hydrogens is 396 g/mol. The Kier molecular flexibility index (Phi) is 4.85. The highest BCUT2D eigenvalue weighted by Gasteiger charge is 2.32. The third kappa shape index (κ3) is 3.86. The number of carbonyl (C=O) groups excluding carboxylic acids is 1. The normalized spacial score (nSPS) is 16.2. The molecule has 0 bridgehead atoms. The molecule has 1 aliphatic rings. The molecule has 0 radical (unpaired) electrons. The maximum atomic E-state index is 12.9. The van der Waals surface area contributed by atoms with E-state index in [0.717, 1.165) is 23.4 Å². The van der Waals surface area contributed by atoms with Gasteiger partial charge in [-0.1, -0.05) is 5.16 Å². The second-order valence-electron chi connectivity index (χ2n) is 7.79. The van der Waals surface area contributed by atoms with Crippen LogP contribution in [0, 0.1) is 13.8 Å². The van der Waals surface area contributed by atoms with Crippen LogP contribution in [0.3, 0.4) is 0 Å². The summed E-state index contributed by atoms with van der Waals surface area (Å²) in [6.07, 6.45) is 4.15. The predicted molar refractivity (Wildman–Crippen MR) is 110 cm³/mol. The van der Waals surface area contributed by atoms with Crippen LogP contribution in [0.15, 0.2) is 51.7 Å². The van der Waals surface area contributed by atoms with Gasteiger partial charge in [-0.3, -0.25) is 14.5 Å². The Labute approximate surface area is 178 Å². The number of carbonyl (C=O) groups is 1. The van der Waals surface area contributed by atoms with Crippen LogP contribution in [0.2, 0.25) is 0 Å². The van der Waals surface area contributed by atoms with E-state index in [1.807, 2.05) is 42.8 Å². The van der Waals surface area contributed by atoms with Crippen molar-refractivity contribution in [2.75, 3.05) is 13.1 Å². The maximum absolute atomic E-state index is 12.9. The van der Waals surface area contributed by atoms with Crippen LogP contribution in [-0.4, -0.2) is 48.8 Å². The standard InChI is InChI=1S/C22H22N6O3/c1-14-10-15(2)28(25-14)13-18-5-6-19(30-18)22(29)27-9-7-17(12-27)20-24-21(31-26-20)16-4-3-8-23-11-16/h3-6,8,10-11,17H,7,9,12-13H2,1-2H3. The van der Waals surface area contributed by atoms with Crippen molar-refractivity contribution >= 4 is 5.91 Å². The van der Waals surface area contributed by atoms with Crippen LogP contribution in [0.5, 0.6) is 0 Å². The number of hydrogen-bond acceptors (Lipinski definition) is 7. The highest BCUT2D eigenvalue weighted by molar-refractivity contribution is 5.91. The fraction of sp³-hybridized carbons (Fsp3) is 0.318. The van der Waals surface area contributed by atoms with Crippen molar-refractivity contribution in [1.82, 2.24) is 29.8 Å². The number of furan rings is 1. The van der Waals surface area contributed by atoms with E-state index >= 15 is 0 Å². The number of aromatic nitrogens is 5. The number of nitrogens with zero attached hydrogens (tertiary/aromatic N) is 6. The van der Waals surface area contributed by atoms with Crippen molar-refractivity contribution in [1.29, 1.82) is 0 Å². The number of hydrogen-bond donors (Lipinski definition) is 0. The van der Waals surface area contributed by atoms with Crippen molar-refractivity contribution < 1.29 is 13.7 Å². The summed E-state index contributed by atoms with van der Waals surface area (Å²) in [5, 5.41) is 8.56. The highest BCUT2D eigenvalue weighted by Crippen LogP contribution is 2.28. The molecule has 0 saturated carbocycles. The Balaban J connectivity index is 1.24. The molecule has 9 heteroatoms. The quantitative estimate of drug-likeness (QED) is 0.490. The fourth-order valence-corrected chi connectivity index (χ4v) is 3.88. The molecule has 4 aromatic rings. The van der Waals surface area contributed by atoms with E-state index in [2.05, 4.69) is 20.2 Å². The summed E-state index contributed by atoms with van der Waals surface area (Å²) in [6, 6.07) is 9.26. The molecule has 1 aliphatic heterocycles. The Hall–Kier alpha value is -3.75. The molecule has 0 N–H and O–H groups in total. The maximum Gasteiger partial charge on any atom is 0.289 e. The summed E-state index contributed by atoms with van der Waals surface area (Å²) >= 11 is 0. The van der Waals surface area contributed by atoms with E-state index < -0.39 is 0 Å². The van der Waals surface area contributed by atoms with Gasteiger partial charge in [0.25, 0.3) is 11.8 Å². The third-order valence-corrected chi connectivity index (χ3v) is 5.47. The minimum Gasteiger partial charge on any atom is -0.454 e. The molecule has 1 unspecified atom stereocenters. The lowest BCUT2D eigenvalue weighted by Crippen LogP contribution is -2.28. The zero-order chi connectivity index (χ0) is 21.4. The Morgan fingerprint density at radius 3 is 2.94 bits per heavy atom. The molecule has 0 aromatic carbocycles. The summed E-state index contributed by atoms with van der Waals surface area (Å²) in [6.45, 7) is 5.59. The number of amides is 1. The first-order chi connectivity index (χ1) is 15.1. The van der Waals surface area contributed by atoms with Gasteiger partial charge in [-0.15, -0.1) is 0 Å². The minimum atomic E-state index is -0.127. The molecule has 4 aromatic heterocycles. The Bertz CT molecular complexity index is 1210. The van der Waals surface area contributed by atoms with Gasteiger partial charge in [0, 0.05) is 37.1 Å². The first-order valence-electron chi connectivity index (χ1n) is 10.2. The average molecular weight is 418 g/mol. The second-order valence-corrected chi connectivity index (χ2v) is 7.79. The van der Waals surface area contributed by atoms with E-state index in [1.165, 1.54) is 0 Å². The van der Waals surface area contributed by atoms with Crippen LogP contribution in [-0.2, 0) is 6.54 Å². The summed E-state index contributed by atoms with van der Waals surface area (Å²) in [4.78, 5) is 23.3. The monoisotopic (exact) mass is 418 g/mol. The van der Waals surface area contributed by atoms with Gasteiger partial charge in [0.1, 0.15) is 5.76 Å². The van der Waals surface area contributed by atoms with Gasteiger partial charge in [0.05, 0.1) is 17.8 Å². The van der Waals surface area contributed by atoms with Crippen molar-refractivity contribution in [2.24, 2.45) is 0 Å². The lowest BCUT2D eigenvalue weighted by Gasteiger charge is -2.14. The number of likely N-dealkylation sites (tertiary alicyclic amines) is 1. The van der Waals surface area contributed by atoms with Gasteiger partial charge in [0.2, 0.25) is 0 Å². The SMILES string of the molecule is Cc1cc(C)n(Cc2ccc(C(=O)N3CCC(c4noc(-c5cccnc5)n4)C3)o2)n1. The van der Waals surface area contributed by atoms with Crippen molar-refractivity contribution in [2.45, 2.75) is 32.7 Å². The van der Waals surface area contributed by atoms with Crippen molar-refractivity contribution in [3.05, 3.63) is 71.5 Å². The number of rotatable bonds is 5. The van der Waals surface area contributed by atoms with Crippen molar-refractivity contribution in [3.63, 3.8) is 0 Å². The average Bonchev–Trinajstić information content (AvgIpc) is 3.56. The second kappa shape index (κ2) is 7.82. The lowest BCUT2D eigenvalue weighted by atomic mass is 10.1. The molecular formula is C22H22N6O3. The molecule has 158 valence electrons. The topological polar surface area (TPSA) is 103 Å². The Morgan fingerprint density at radius 1 is 1.26 bits per heavy atom. The molecule has 0 spiro atoms. The van der Waals surface area contributed by atoms with Gasteiger partial charge in [0.15, 0.2) is 11.6 Å². The smallest absolute Gasteiger partial charge is 0.289 e. The molecule has 5 rings (SSSR count). The van der Waals surface area contributed by atoms with Gasteiger partial charge >= 0.3 is 0 Å². The van der Waals surface area contributed by atoms with E-state index in [-0.39, 0.29) is 11.8 Å². The number of aryl methyl sites for hydroxylation is 2. The summed E-state index contributed by atoms with van der Waals surface area (Å²) in [7, 11) is 0. The lowest BCUT2D eigenvalue weighted by molar-refractivity contribution is 0.0756. The molecule has 1 fully saturated rings. The Morgan fingerprint density at radius 2 is 2.16 bits per heavy atom. The summed E-state index contributed by atoms with van der Waals surface area (Å²) in [5.74, 6) is 1.98. The van der Waals surface area contributed by atoms with Crippen LogP contribution in [0.4, 0.5) is 0 Å². The zero-order valence-electron chi connectivity index (χ0n) is 17.4. The summed E-state index contributed by atoms with van der Waals surface area (Å²) < 4.78 is 13.1. The van der Waals surface area contributed by atoms with Crippen LogP contribution >= 0.6 is 0 Å². The van der Waals surface area contributed by atoms with Crippen LogP contribution in [0.25, 0.3) is 11.5 Å². The van der Waals surface area contributed by atoms with E-state index in [0.29, 0.717) is 42.9 Å². The van der Waals surface area contributed by atoms with E-state index in [1.54, 1.807) is 23.4 Å². The largest absolute Gasteiger partial charge is 0.454 e. The first-order valence-corrected chi connectivity index (χ1v) is 10.2. The van der Waals surface area contributed by atoms with Gasteiger partial charge in [-0.25, -0.2) is 0 Å². The minimum absolute atomic E-state index is 0.0299. The van der Waals surface area contributed by atoms with E-state index in [9.17, 15) is 4.79 Å². The fourth-order valence-electron chi connectivity index (χ4n) is 3.88. The molecule has 1 amide bonds. The van der Waals surface area contributed by atoms with Gasteiger partial charge in [-0.05, 0) is 50.6 Å². The first kappa shape index (κ1) is 19.2. The molecule has 1 saturated heterocycles. The zero-order valence-corrected chi connectivity index (χ0v) is 17.4. The van der Waals surface area contributed by atoms with E-state index in [4.69, 9.17) is 8.94 Å². The number of pyridine rings is 1. The van der Waals surface area contributed by atoms with Crippen LogP contribution in [0.1, 0.15) is 45.9 Å². The summed E-state index contributed by atoms with van der Waals surface area (Å²) in [5.41, 5.74) is 2.78.